The van der Waals surface area contributed by atoms with Crippen molar-refractivity contribution in [3.63, 3.8) is 0 Å². The van der Waals surface area contributed by atoms with Crippen molar-refractivity contribution in [3.05, 3.63) is 28.9 Å². The summed E-state index contributed by atoms with van der Waals surface area (Å²) in [5.74, 6) is 0. The molecule has 0 atom stereocenters. The molecule has 0 bridgehead atoms. The molecule has 0 spiro atoms. The number of hydrogen-bond donors (Lipinski definition) is 2. The van der Waals surface area contributed by atoms with E-state index in [4.69, 9.17) is 10.6 Å². The standard InChI is InChI=1S/C10H10BrN3O/c1-15-14-10-7-3-2-6(11)4-9(7)13-5-8(10)12/h2-5H,12H2,1H3,(H,13,14). The van der Waals surface area contributed by atoms with E-state index < -0.39 is 0 Å². The molecular formula is C10H10BrN3O. The number of nitrogens with one attached hydrogen (secondary N) is 1. The molecule has 1 aromatic heterocycles. The number of hydrogen-bond acceptors (Lipinski definition) is 4. The topological polar surface area (TPSA) is 60.2 Å². The summed E-state index contributed by atoms with van der Waals surface area (Å²) in [7, 11) is 1.55. The van der Waals surface area contributed by atoms with Crippen LogP contribution in [0.1, 0.15) is 0 Å². The van der Waals surface area contributed by atoms with Crippen LogP contribution in [0.3, 0.4) is 0 Å². The fourth-order valence-electron chi connectivity index (χ4n) is 1.40. The molecule has 0 amide bonds. The highest BCUT2D eigenvalue weighted by atomic mass is 79.9. The predicted octanol–water partition coefficient (Wildman–Crippen LogP) is 2.55. The van der Waals surface area contributed by atoms with E-state index in [1.165, 1.54) is 0 Å². The fourth-order valence-corrected chi connectivity index (χ4v) is 1.75. The molecule has 0 saturated heterocycles. The summed E-state index contributed by atoms with van der Waals surface area (Å²) in [6.45, 7) is 0. The van der Waals surface area contributed by atoms with Gasteiger partial charge in [-0.3, -0.25) is 15.3 Å². The van der Waals surface area contributed by atoms with Crippen LogP contribution >= 0.6 is 15.9 Å². The Morgan fingerprint density at radius 2 is 2.27 bits per heavy atom. The Morgan fingerprint density at radius 3 is 3.00 bits per heavy atom. The molecule has 2 rings (SSSR count). The van der Waals surface area contributed by atoms with Crippen molar-refractivity contribution in [2.24, 2.45) is 0 Å². The predicted molar refractivity (Wildman–Crippen MR) is 64.5 cm³/mol. The summed E-state index contributed by atoms with van der Waals surface area (Å²) >= 11 is 3.39. The Morgan fingerprint density at radius 1 is 1.47 bits per heavy atom. The summed E-state index contributed by atoms with van der Waals surface area (Å²) < 4.78 is 0.982. The Kier molecular flexibility index (Phi) is 2.75. The molecule has 0 aliphatic carbocycles. The van der Waals surface area contributed by atoms with Crippen molar-refractivity contribution < 1.29 is 4.84 Å². The molecule has 4 nitrogen and oxygen atoms in total. The molecule has 0 aliphatic heterocycles. The smallest absolute Gasteiger partial charge is 0.0943 e. The monoisotopic (exact) mass is 267 g/mol. The van der Waals surface area contributed by atoms with E-state index in [2.05, 4.69) is 26.4 Å². The van der Waals surface area contributed by atoms with Crippen LogP contribution in [-0.2, 0) is 4.84 Å². The van der Waals surface area contributed by atoms with Crippen molar-refractivity contribution >= 4 is 38.2 Å². The van der Waals surface area contributed by atoms with E-state index in [9.17, 15) is 0 Å². The van der Waals surface area contributed by atoms with Crippen LogP contribution in [0.4, 0.5) is 11.4 Å². The molecule has 0 radical (unpaired) electrons. The van der Waals surface area contributed by atoms with Gasteiger partial charge in [0.15, 0.2) is 0 Å². The van der Waals surface area contributed by atoms with E-state index in [0.717, 1.165) is 21.1 Å². The van der Waals surface area contributed by atoms with Gasteiger partial charge in [0.05, 0.1) is 30.2 Å². The van der Waals surface area contributed by atoms with Gasteiger partial charge in [-0.15, -0.1) is 0 Å². The average Bonchev–Trinajstić information content (AvgIpc) is 2.22. The van der Waals surface area contributed by atoms with Crippen molar-refractivity contribution in [1.82, 2.24) is 4.98 Å². The lowest BCUT2D eigenvalue weighted by molar-refractivity contribution is 0.272. The van der Waals surface area contributed by atoms with Crippen LogP contribution in [0.15, 0.2) is 28.9 Å². The highest BCUT2D eigenvalue weighted by Gasteiger charge is 2.06. The maximum atomic E-state index is 5.79. The molecule has 2 aromatic rings. The quantitative estimate of drug-likeness (QED) is 0.822. The zero-order chi connectivity index (χ0) is 10.8. The average molecular weight is 268 g/mol. The molecule has 0 aliphatic rings. The van der Waals surface area contributed by atoms with Gasteiger partial charge < -0.3 is 5.73 Å². The van der Waals surface area contributed by atoms with Gasteiger partial charge in [-0.1, -0.05) is 15.9 Å². The van der Waals surface area contributed by atoms with Gasteiger partial charge in [0.25, 0.3) is 0 Å². The van der Waals surface area contributed by atoms with E-state index in [-0.39, 0.29) is 0 Å². The molecule has 5 heteroatoms. The van der Waals surface area contributed by atoms with Gasteiger partial charge in [-0.25, -0.2) is 0 Å². The molecule has 1 heterocycles. The number of fused-ring (bicyclic) bond motifs is 1. The number of benzene rings is 1. The van der Waals surface area contributed by atoms with Gasteiger partial charge in [0.2, 0.25) is 0 Å². The molecule has 3 N–H and O–H groups in total. The second kappa shape index (κ2) is 4.04. The molecule has 1 aromatic carbocycles. The Balaban J connectivity index is 2.70. The largest absolute Gasteiger partial charge is 0.396 e. The van der Waals surface area contributed by atoms with Crippen LogP contribution in [0.25, 0.3) is 10.9 Å². The minimum absolute atomic E-state index is 0.562. The summed E-state index contributed by atoms with van der Waals surface area (Å²) in [5, 5.41) is 0.931. The highest BCUT2D eigenvalue weighted by molar-refractivity contribution is 9.10. The molecule has 78 valence electrons. The van der Waals surface area contributed by atoms with Crippen molar-refractivity contribution in [1.29, 1.82) is 0 Å². The van der Waals surface area contributed by atoms with Gasteiger partial charge in [0, 0.05) is 9.86 Å². The fraction of sp³-hybridized carbons (Fsp3) is 0.100. The number of halogens is 1. The second-order valence-electron chi connectivity index (χ2n) is 3.06. The van der Waals surface area contributed by atoms with E-state index in [0.29, 0.717) is 5.69 Å². The third kappa shape index (κ3) is 1.88. The third-order valence-electron chi connectivity index (χ3n) is 2.06. The van der Waals surface area contributed by atoms with Crippen LogP contribution < -0.4 is 11.2 Å². The van der Waals surface area contributed by atoms with Gasteiger partial charge >= 0.3 is 0 Å². The lowest BCUT2D eigenvalue weighted by Gasteiger charge is -2.09. The number of aromatic nitrogens is 1. The van der Waals surface area contributed by atoms with Crippen molar-refractivity contribution in [2.75, 3.05) is 18.3 Å². The molecule has 0 unspecified atom stereocenters. The zero-order valence-corrected chi connectivity index (χ0v) is 9.71. The van der Waals surface area contributed by atoms with Crippen LogP contribution in [-0.4, -0.2) is 12.1 Å². The number of nitrogen functional groups attached to an aromatic ring is 1. The first-order valence-corrected chi connectivity index (χ1v) is 5.14. The minimum Gasteiger partial charge on any atom is -0.396 e. The maximum absolute atomic E-state index is 5.79. The molecule has 0 fully saturated rings. The van der Waals surface area contributed by atoms with Gasteiger partial charge in [-0.05, 0) is 18.2 Å². The number of rotatable bonds is 2. The lowest BCUT2D eigenvalue weighted by Crippen LogP contribution is -2.01. The van der Waals surface area contributed by atoms with Crippen LogP contribution in [0.5, 0.6) is 0 Å². The first-order chi connectivity index (χ1) is 7.22. The van der Waals surface area contributed by atoms with Gasteiger partial charge in [-0.2, -0.15) is 0 Å². The second-order valence-corrected chi connectivity index (χ2v) is 3.97. The summed E-state index contributed by atoms with van der Waals surface area (Å²) in [5.41, 5.74) is 10.7. The first kappa shape index (κ1) is 10.2. The maximum Gasteiger partial charge on any atom is 0.0943 e. The number of anilines is 2. The molecular weight excluding hydrogens is 258 g/mol. The number of pyridine rings is 1. The van der Waals surface area contributed by atoms with Crippen molar-refractivity contribution in [3.8, 4) is 0 Å². The Labute approximate surface area is 95.5 Å². The van der Waals surface area contributed by atoms with E-state index in [1.807, 2.05) is 18.2 Å². The third-order valence-corrected chi connectivity index (χ3v) is 2.56. The van der Waals surface area contributed by atoms with Crippen molar-refractivity contribution in [2.45, 2.75) is 0 Å². The molecule has 0 saturated carbocycles. The van der Waals surface area contributed by atoms with Crippen LogP contribution in [0.2, 0.25) is 0 Å². The zero-order valence-electron chi connectivity index (χ0n) is 8.12. The first-order valence-electron chi connectivity index (χ1n) is 4.35. The van der Waals surface area contributed by atoms with Crippen LogP contribution in [0, 0.1) is 0 Å². The summed E-state index contributed by atoms with van der Waals surface area (Å²) in [6, 6.07) is 5.80. The number of nitrogens with two attached hydrogens (primary N) is 1. The van der Waals surface area contributed by atoms with Gasteiger partial charge in [0.1, 0.15) is 0 Å². The summed E-state index contributed by atoms with van der Waals surface area (Å²) in [6.07, 6.45) is 1.61. The Bertz CT molecular complexity index is 501. The van der Waals surface area contributed by atoms with E-state index >= 15 is 0 Å². The SMILES string of the molecule is CONc1c(N)cnc2cc(Br)ccc12. The molecule has 15 heavy (non-hydrogen) atoms. The minimum atomic E-state index is 0.562. The normalized spacial score (nSPS) is 10.5. The number of nitrogens with zero attached hydrogens (tertiary/aromatic N) is 1. The lowest BCUT2D eigenvalue weighted by atomic mass is 10.2. The van der Waals surface area contributed by atoms with E-state index in [1.54, 1.807) is 13.3 Å². The Hall–Kier alpha value is -1.33. The highest BCUT2D eigenvalue weighted by Crippen LogP contribution is 2.29. The summed E-state index contributed by atoms with van der Waals surface area (Å²) in [4.78, 5) is 9.11.